The van der Waals surface area contributed by atoms with Gasteiger partial charge in [-0.1, -0.05) is 11.6 Å². The van der Waals surface area contributed by atoms with Crippen molar-refractivity contribution in [1.82, 2.24) is 0 Å². The summed E-state index contributed by atoms with van der Waals surface area (Å²) in [6.45, 7) is -0.465. The van der Waals surface area contributed by atoms with Gasteiger partial charge in [-0.25, -0.2) is 9.18 Å². The van der Waals surface area contributed by atoms with Crippen LogP contribution in [0.25, 0.3) is 10.1 Å². The molecule has 0 aliphatic heterocycles. The molecule has 0 radical (unpaired) electrons. The summed E-state index contributed by atoms with van der Waals surface area (Å²) in [6, 6.07) is 8.69. The van der Waals surface area contributed by atoms with Crippen LogP contribution < -0.4 is 9.47 Å². The number of carbonyl (C=O) groups excluding carboxylic acids is 2. The quantitative estimate of drug-likeness (QED) is 0.435. The molecule has 0 saturated carbocycles. The molecule has 5 nitrogen and oxygen atoms in total. The highest BCUT2D eigenvalue weighted by molar-refractivity contribution is 7.21. The predicted octanol–water partition coefficient (Wildman–Crippen LogP) is 4.75. The maximum absolute atomic E-state index is 13.3. The van der Waals surface area contributed by atoms with E-state index in [9.17, 15) is 14.0 Å². The maximum Gasteiger partial charge on any atom is 0.350 e. The van der Waals surface area contributed by atoms with Crippen molar-refractivity contribution in [3.05, 3.63) is 57.7 Å². The van der Waals surface area contributed by atoms with Crippen LogP contribution in [0.2, 0.25) is 5.02 Å². The van der Waals surface area contributed by atoms with E-state index in [1.54, 1.807) is 12.1 Å². The summed E-state index contributed by atoms with van der Waals surface area (Å²) in [4.78, 5) is 24.7. The number of carbonyl (C=O) groups is 2. The molecular formula is C19H14ClFO5S. The second kappa shape index (κ2) is 7.94. The molecular weight excluding hydrogens is 395 g/mol. The van der Waals surface area contributed by atoms with Crippen molar-refractivity contribution in [2.45, 2.75) is 0 Å². The number of rotatable bonds is 6. The molecule has 0 bridgehead atoms. The van der Waals surface area contributed by atoms with E-state index in [2.05, 4.69) is 0 Å². The van der Waals surface area contributed by atoms with Crippen LogP contribution in [-0.4, -0.2) is 32.6 Å². The fraction of sp³-hybridized carbons (Fsp3) is 0.158. The zero-order valence-corrected chi connectivity index (χ0v) is 15.9. The lowest BCUT2D eigenvalue weighted by Gasteiger charge is -2.09. The van der Waals surface area contributed by atoms with Crippen LogP contribution in [0, 0.1) is 5.82 Å². The van der Waals surface area contributed by atoms with Gasteiger partial charge in [0.1, 0.15) is 10.7 Å². The smallest absolute Gasteiger partial charge is 0.350 e. The zero-order chi connectivity index (χ0) is 19.6. The SMILES string of the molecule is COc1ccc(C(=O)COC(=O)c2sc3cc(F)ccc3c2Cl)cc1OC. The summed E-state index contributed by atoms with van der Waals surface area (Å²) < 4.78 is 29.2. The van der Waals surface area contributed by atoms with Gasteiger partial charge < -0.3 is 14.2 Å². The molecule has 0 aliphatic rings. The molecule has 3 aromatic rings. The molecule has 8 heteroatoms. The molecule has 0 N–H and O–H groups in total. The summed E-state index contributed by atoms with van der Waals surface area (Å²) in [5.74, 6) is -0.702. The molecule has 0 amide bonds. The van der Waals surface area contributed by atoms with Crippen molar-refractivity contribution in [2.24, 2.45) is 0 Å². The number of halogens is 2. The van der Waals surface area contributed by atoms with Crippen molar-refractivity contribution >= 4 is 44.8 Å². The largest absolute Gasteiger partial charge is 0.493 e. The van der Waals surface area contributed by atoms with Crippen molar-refractivity contribution < 1.29 is 28.2 Å². The number of fused-ring (bicyclic) bond motifs is 1. The molecule has 1 aromatic heterocycles. The van der Waals surface area contributed by atoms with E-state index in [1.165, 1.54) is 38.5 Å². The minimum atomic E-state index is -0.740. The van der Waals surface area contributed by atoms with Gasteiger partial charge in [-0.2, -0.15) is 0 Å². The van der Waals surface area contributed by atoms with Crippen molar-refractivity contribution in [1.29, 1.82) is 0 Å². The van der Waals surface area contributed by atoms with Crippen LogP contribution >= 0.6 is 22.9 Å². The van der Waals surface area contributed by atoms with Gasteiger partial charge in [-0.05, 0) is 36.4 Å². The topological polar surface area (TPSA) is 61.8 Å². The van der Waals surface area contributed by atoms with Crippen LogP contribution in [-0.2, 0) is 4.74 Å². The molecule has 0 unspecified atom stereocenters. The average Bonchev–Trinajstić information content (AvgIpc) is 3.00. The summed E-state index contributed by atoms with van der Waals surface area (Å²) >= 11 is 7.19. The van der Waals surface area contributed by atoms with E-state index >= 15 is 0 Å². The fourth-order valence-electron chi connectivity index (χ4n) is 2.46. The molecule has 140 valence electrons. The van der Waals surface area contributed by atoms with E-state index < -0.39 is 24.2 Å². The molecule has 3 rings (SSSR count). The minimum Gasteiger partial charge on any atom is -0.493 e. The molecule has 27 heavy (non-hydrogen) atoms. The van der Waals surface area contributed by atoms with Crippen LogP contribution in [0.1, 0.15) is 20.0 Å². The first-order valence-electron chi connectivity index (χ1n) is 7.74. The minimum absolute atomic E-state index is 0.123. The number of ketones is 1. The maximum atomic E-state index is 13.3. The number of benzene rings is 2. The Balaban J connectivity index is 1.74. The van der Waals surface area contributed by atoms with Crippen molar-refractivity contribution in [3.8, 4) is 11.5 Å². The number of thiophene rings is 1. The van der Waals surface area contributed by atoms with Crippen molar-refractivity contribution in [2.75, 3.05) is 20.8 Å². The van der Waals surface area contributed by atoms with Gasteiger partial charge in [0.15, 0.2) is 23.9 Å². The van der Waals surface area contributed by atoms with Crippen LogP contribution in [0.5, 0.6) is 11.5 Å². The second-order valence-electron chi connectivity index (χ2n) is 5.45. The second-order valence-corrected chi connectivity index (χ2v) is 6.88. The molecule has 0 saturated heterocycles. The summed E-state index contributed by atoms with van der Waals surface area (Å²) in [5.41, 5.74) is 0.310. The summed E-state index contributed by atoms with van der Waals surface area (Å²) in [5, 5.41) is 0.736. The van der Waals surface area contributed by atoms with Gasteiger partial charge >= 0.3 is 5.97 Å². The Hall–Kier alpha value is -2.64. The van der Waals surface area contributed by atoms with E-state index in [4.69, 9.17) is 25.8 Å². The first-order valence-corrected chi connectivity index (χ1v) is 8.94. The highest BCUT2D eigenvalue weighted by atomic mass is 35.5. The molecule has 0 fully saturated rings. The lowest BCUT2D eigenvalue weighted by Crippen LogP contribution is -2.14. The Kier molecular flexibility index (Phi) is 5.62. The third-order valence-electron chi connectivity index (χ3n) is 3.82. The number of hydrogen-bond donors (Lipinski definition) is 0. The first kappa shape index (κ1) is 19.1. The lowest BCUT2D eigenvalue weighted by molar-refractivity contribution is 0.0480. The summed E-state index contributed by atoms with van der Waals surface area (Å²) in [7, 11) is 2.94. The molecule has 1 heterocycles. The highest BCUT2D eigenvalue weighted by Crippen LogP contribution is 2.36. The van der Waals surface area contributed by atoms with E-state index in [0.717, 1.165) is 11.3 Å². The highest BCUT2D eigenvalue weighted by Gasteiger charge is 2.20. The van der Waals surface area contributed by atoms with Gasteiger partial charge in [-0.15, -0.1) is 11.3 Å². The molecule has 0 spiro atoms. The number of hydrogen-bond acceptors (Lipinski definition) is 6. The standard InChI is InChI=1S/C19H14ClFO5S/c1-24-14-6-3-10(7-15(14)25-2)13(22)9-26-19(23)18-17(20)12-5-4-11(21)8-16(12)27-18/h3-8H,9H2,1-2H3. The zero-order valence-electron chi connectivity index (χ0n) is 14.4. The fourth-order valence-corrected chi connectivity index (χ4v) is 3.89. The number of methoxy groups -OCH3 is 2. The van der Waals surface area contributed by atoms with Gasteiger partial charge in [0.2, 0.25) is 0 Å². The van der Waals surface area contributed by atoms with Crippen LogP contribution in [0.3, 0.4) is 0 Å². The average molecular weight is 409 g/mol. The molecule has 2 aromatic carbocycles. The first-order chi connectivity index (χ1) is 12.9. The number of esters is 1. The van der Waals surface area contributed by atoms with Gasteiger partial charge in [0.05, 0.1) is 19.2 Å². The normalized spacial score (nSPS) is 10.7. The monoisotopic (exact) mass is 408 g/mol. The predicted molar refractivity (Wildman–Crippen MR) is 101 cm³/mol. The third kappa shape index (κ3) is 3.89. The van der Waals surface area contributed by atoms with E-state index in [-0.39, 0.29) is 9.90 Å². The van der Waals surface area contributed by atoms with Gasteiger partial charge in [0, 0.05) is 15.6 Å². The molecule has 0 atom stereocenters. The van der Waals surface area contributed by atoms with Gasteiger partial charge in [0.25, 0.3) is 0 Å². The van der Waals surface area contributed by atoms with Gasteiger partial charge in [-0.3, -0.25) is 4.79 Å². The van der Waals surface area contributed by atoms with Crippen molar-refractivity contribution in [3.63, 3.8) is 0 Å². The Morgan fingerprint density at radius 1 is 1.07 bits per heavy atom. The number of ether oxygens (including phenoxy) is 3. The molecule has 0 aliphatic carbocycles. The van der Waals surface area contributed by atoms with Crippen LogP contribution in [0.4, 0.5) is 4.39 Å². The Bertz CT molecular complexity index is 1030. The Morgan fingerprint density at radius 2 is 1.81 bits per heavy atom. The number of Topliss-reactive ketones (excluding diaryl/α,β-unsaturated/α-hetero) is 1. The summed E-state index contributed by atoms with van der Waals surface area (Å²) in [6.07, 6.45) is 0. The van der Waals surface area contributed by atoms with E-state index in [1.807, 2.05) is 0 Å². The third-order valence-corrected chi connectivity index (χ3v) is 5.45. The Morgan fingerprint density at radius 3 is 2.52 bits per heavy atom. The lowest BCUT2D eigenvalue weighted by atomic mass is 10.1. The van der Waals surface area contributed by atoms with Crippen LogP contribution in [0.15, 0.2) is 36.4 Å². The Labute approximate surface area is 163 Å². The van der Waals surface area contributed by atoms with E-state index in [0.29, 0.717) is 27.1 Å².